The van der Waals surface area contributed by atoms with E-state index in [1.165, 1.54) is 4.31 Å². The molecule has 2 heterocycles. The van der Waals surface area contributed by atoms with Crippen LogP contribution in [0.25, 0.3) is 11.4 Å². The first-order valence-electron chi connectivity index (χ1n) is 8.09. The van der Waals surface area contributed by atoms with Gasteiger partial charge in [0.15, 0.2) is 0 Å². The standard InChI is InChI=1S/C18H17N3O3S/c22-25(23,16-9-5-2-6-10-16)21-12-11-15(13-21)18-19-17(20-24-18)14-7-3-1-4-8-14/h1-10,15H,11-13H2. The summed E-state index contributed by atoms with van der Waals surface area (Å²) < 4.78 is 32.3. The topological polar surface area (TPSA) is 76.3 Å². The van der Waals surface area contributed by atoms with Gasteiger partial charge >= 0.3 is 0 Å². The molecule has 1 unspecified atom stereocenters. The van der Waals surface area contributed by atoms with Gasteiger partial charge in [0.2, 0.25) is 21.7 Å². The largest absolute Gasteiger partial charge is 0.339 e. The third kappa shape index (κ3) is 3.08. The van der Waals surface area contributed by atoms with E-state index >= 15 is 0 Å². The number of benzene rings is 2. The first kappa shape index (κ1) is 16.0. The number of sulfonamides is 1. The Balaban J connectivity index is 1.53. The Bertz CT molecular complexity index is 956. The fourth-order valence-corrected chi connectivity index (χ4v) is 4.52. The van der Waals surface area contributed by atoms with Crippen LogP contribution in [0, 0.1) is 0 Å². The van der Waals surface area contributed by atoms with Gasteiger partial charge in [-0.1, -0.05) is 53.7 Å². The lowest BCUT2D eigenvalue weighted by Gasteiger charge is -2.15. The summed E-state index contributed by atoms with van der Waals surface area (Å²) in [7, 11) is -3.48. The Kier molecular flexibility index (Phi) is 4.10. The SMILES string of the molecule is O=S(=O)(c1ccccc1)N1CCC(c2nc(-c3ccccc3)no2)C1. The molecular formula is C18H17N3O3S. The maximum absolute atomic E-state index is 12.7. The van der Waals surface area contributed by atoms with Gasteiger partial charge in [-0.3, -0.25) is 0 Å². The van der Waals surface area contributed by atoms with Gasteiger partial charge in [0.05, 0.1) is 10.8 Å². The van der Waals surface area contributed by atoms with Crippen molar-refractivity contribution < 1.29 is 12.9 Å². The average Bonchev–Trinajstić information content (AvgIpc) is 3.33. The summed E-state index contributed by atoms with van der Waals surface area (Å²) >= 11 is 0. The van der Waals surface area contributed by atoms with Crippen LogP contribution in [0.2, 0.25) is 0 Å². The second kappa shape index (κ2) is 6.42. The van der Waals surface area contributed by atoms with E-state index in [1.54, 1.807) is 30.3 Å². The molecule has 0 bridgehead atoms. The molecule has 2 aromatic carbocycles. The van der Waals surface area contributed by atoms with Gasteiger partial charge < -0.3 is 4.52 Å². The van der Waals surface area contributed by atoms with Gasteiger partial charge in [0.25, 0.3) is 0 Å². The van der Waals surface area contributed by atoms with Crippen molar-refractivity contribution in [2.75, 3.05) is 13.1 Å². The molecule has 1 aliphatic rings. The monoisotopic (exact) mass is 355 g/mol. The number of hydrogen-bond acceptors (Lipinski definition) is 5. The molecule has 1 saturated heterocycles. The van der Waals surface area contributed by atoms with Gasteiger partial charge in [-0.15, -0.1) is 0 Å². The summed E-state index contributed by atoms with van der Waals surface area (Å²) in [4.78, 5) is 4.76. The number of nitrogens with zero attached hydrogens (tertiary/aromatic N) is 3. The maximum atomic E-state index is 12.7. The first-order chi connectivity index (χ1) is 12.1. The van der Waals surface area contributed by atoms with E-state index in [4.69, 9.17) is 4.52 Å². The lowest BCUT2D eigenvalue weighted by atomic mass is 10.1. The molecule has 1 aromatic heterocycles. The van der Waals surface area contributed by atoms with Crippen LogP contribution in [0.3, 0.4) is 0 Å². The molecule has 128 valence electrons. The molecule has 1 fully saturated rings. The van der Waals surface area contributed by atoms with Crippen molar-refractivity contribution in [1.82, 2.24) is 14.4 Å². The van der Waals surface area contributed by atoms with Crippen LogP contribution < -0.4 is 0 Å². The van der Waals surface area contributed by atoms with Crippen LogP contribution in [0.1, 0.15) is 18.2 Å². The fraction of sp³-hybridized carbons (Fsp3) is 0.222. The highest BCUT2D eigenvalue weighted by atomic mass is 32.2. The smallest absolute Gasteiger partial charge is 0.243 e. The molecule has 0 amide bonds. The van der Waals surface area contributed by atoms with E-state index in [2.05, 4.69) is 10.1 Å². The summed E-state index contributed by atoms with van der Waals surface area (Å²) in [5.41, 5.74) is 0.879. The van der Waals surface area contributed by atoms with Crippen LogP contribution >= 0.6 is 0 Å². The number of hydrogen-bond donors (Lipinski definition) is 0. The van der Waals surface area contributed by atoms with Gasteiger partial charge in [0.1, 0.15) is 0 Å². The molecule has 6 nitrogen and oxygen atoms in total. The number of rotatable bonds is 4. The minimum atomic E-state index is -3.48. The molecule has 3 aromatic rings. The van der Waals surface area contributed by atoms with Crippen LogP contribution in [0.5, 0.6) is 0 Å². The molecule has 0 spiro atoms. The third-order valence-corrected chi connectivity index (χ3v) is 6.23. The van der Waals surface area contributed by atoms with Crippen molar-refractivity contribution in [3.8, 4) is 11.4 Å². The molecular weight excluding hydrogens is 338 g/mol. The van der Waals surface area contributed by atoms with E-state index in [0.717, 1.165) is 5.56 Å². The average molecular weight is 355 g/mol. The van der Waals surface area contributed by atoms with E-state index in [-0.39, 0.29) is 5.92 Å². The highest BCUT2D eigenvalue weighted by Crippen LogP contribution is 2.31. The second-order valence-electron chi connectivity index (χ2n) is 5.98. The lowest BCUT2D eigenvalue weighted by Crippen LogP contribution is -2.28. The molecule has 25 heavy (non-hydrogen) atoms. The molecule has 1 aliphatic heterocycles. The molecule has 0 aliphatic carbocycles. The van der Waals surface area contributed by atoms with Crippen LogP contribution in [-0.4, -0.2) is 36.0 Å². The van der Waals surface area contributed by atoms with E-state index in [0.29, 0.717) is 36.1 Å². The van der Waals surface area contributed by atoms with E-state index in [9.17, 15) is 8.42 Å². The summed E-state index contributed by atoms with van der Waals surface area (Å²) in [5.74, 6) is 0.938. The quantitative estimate of drug-likeness (QED) is 0.719. The van der Waals surface area contributed by atoms with Crippen LogP contribution in [0.4, 0.5) is 0 Å². The van der Waals surface area contributed by atoms with Crippen LogP contribution in [-0.2, 0) is 10.0 Å². The first-order valence-corrected chi connectivity index (χ1v) is 9.53. The van der Waals surface area contributed by atoms with Crippen molar-refractivity contribution in [3.05, 3.63) is 66.6 Å². The summed E-state index contributed by atoms with van der Waals surface area (Å²) in [6, 6.07) is 18.1. The lowest BCUT2D eigenvalue weighted by molar-refractivity contribution is 0.354. The normalized spacial score (nSPS) is 18.5. The van der Waals surface area contributed by atoms with E-state index < -0.39 is 10.0 Å². The highest BCUT2D eigenvalue weighted by Gasteiger charge is 2.35. The molecule has 1 atom stereocenters. The third-order valence-electron chi connectivity index (χ3n) is 4.35. The van der Waals surface area contributed by atoms with Gasteiger partial charge in [0, 0.05) is 18.7 Å². The minimum absolute atomic E-state index is 0.0801. The van der Waals surface area contributed by atoms with Crippen molar-refractivity contribution in [3.63, 3.8) is 0 Å². The predicted octanol–water partition coefficient (Wildman–Crippen LogP) is 2.91. The van der Waals surface area contributed by atoms with Crippen molar-refractivity contribution in [1.29, 1.82) is 0 Å². The zero-order chi connectivity index (χ0) is 17.3. The summed E-state index contributed by atoms with van der Waals surface area (Å²) in [6.45, 7) is 0.804. The van der Waals surface area contributed by atoms with Gasteiger partial charge in [-0.25, -0.2) is 8.42 Å². The zero-order valence-electron chi connectivity index (χ0n) is 13.4. The van der Waals surface area contributed by atoms with Crippen molar-refractivity contribution in [2.45, 2.75) is 17.2 Å². The summed E-state index contributed by atoms with van der Waals surface area (Å²) in [5, 5.41) is 4.02. The molecule has 7 heteroatoms. The Labute approximate surface area is 146 Å². The number of aromatic nitrogens is 2. The van der Waals surface area contributed by atoms with Gasteiger partial charge in [-0.05, 0) is 18.6 Å². The Morgan fingerprint density at radius 3 is 2.40 bits per heavy atom. The molecule has 0 saturated carbocycles. The predicted molar refractivity (Wildman–Crippen MR) is 92.3 cm³/mol. The molecule has 0 radical (unpaired) electrons. The Morgan fingerprint density at radius 1 is 1.00 bits per heavy atom. The van der Waals surface area contributed by atoms with Gasteiger partial charge in [-0.2, -0.15) is 9.29 Å². The Hall–Kier alpha value is -2.51. The fourth-order valence-electron chi connectivity index (χ4n) is 3.00. The summed E-state index contributed by atoms with van der Waals surface area (Å²) in [6.07, 6.45) is 0.669. The minimum Gasteiger partial charge on any atom is -0.339 e. The highest BCUT2D eigenvalue weighted by molar-refractivity contribution is 7.89. The second-order valence-corrected chi connectivity index (χ2v) is 7.92. The van der Waals surface area contributed by atoms with Crippen molar-refractivity contribution >= 4 is 10.0 Å². The molecule has 0 N–H and O–H groups in total. The van der Waals surface area contributed by atoms with Crippen molar-refractivity contribution in [2.24, 2.45) is 0 Å². The Morgan fingerprint density at radius 2 is 1.68 bits per heavy atom. The van der Waals surface area contributed by atoms with E-state index in [1.807, 2.05) is 30.3 Å². The maximum Gasteiger partial charge on any atom is 0.243 e. The molecule has 4 rings (SSSR count). The van der Waals surface area contributed by atoms with Crippen LogP contribution in [0.15, 0.2) is 70.1 Å². The zero-order valence-corrected chi connectivity index (χ0v) is 14.3.